The van der Waals surface area contributed by atoms with Gasteiger partial charge in [-0.3, -0.25) is 0 Å². The van der Waals surface area contributed by atoms with E-state index >= 15 is 0 Å². The van der Waals surface area contributed by atoms with E-state index in [1.165, 1.54) is 26.3 Å². The number of rotatable bonds is 3. The average Bonchev–Trinajstić information content (AvgIpc) is 2.77. The fourth-order valence-corrected chi connectivity index (χ4v) is 5.26. The highest BCUT2D eigenvalue weighted by Gasteiger charge is 2.22. The Kier molecular flexibility index (Phi) is 6.91. The lowest BCUT2D eigenvalue weighted by molar-refractivity contribution is -0.00000734. The Morgan fingerprint density at radius 1 is 0.833 bits per heavy atom. The summed E-state index contributed by atoms with van der Waals surface area (Å²) >= 11 is 1.86. The van der Waals surface area contributed by atoms with E-state index in [-0.39, 0.29) is 24.0 Å². The zero-order valence-corrected chi connectivity index (χ0v) is 20.5. The van der Waals surface area contributed by atoms with Gasteiger partial charge in [0.25, 0.3) is 9.40 Å². The van der Waals surface area contributed by atoms with Gasteiger partial charge in [-0.2, -0.15) is 0 Å². The molecule has 3 heterocycles. The Morgan fingerprint density at radius 2 is 1.43 bits per heavy atom. The molecule has 0 N–H and O–H groups in total. The molecule has 0 spiro atoms. The van der Waals surface area contributed by atoms with Crippen molar-refractivity contribution >= 4 is 43.1 Å². The molecule has 0 atom stereocenters. The summed E-state index contributed by atoms with van der Waals surface area (Å²) in [5.74, 6) is 0.434. The molecule has 3 aromatic rings. The number of fused-ring (bicyclic) bond motifs is 2. The third kappa shape index (κ3) is 4.35. The highest BCUT2D eigenvalue weighted by atomic mass is 127. The molecule has 2 aromatic carbocycles. The van der Waals surface area contributed by atoms with Crippen LogP contribution in [0.25, 0.3) is 20.4 Å². The molecule has 0 radical (unpaired) electrons. The zero-order chi connectivity index (χ0) is 19.8. The van der Waals surface area contributed by atoms with E-state index in [1.807, 2.05) is 11.3 Å². The molecule has 0 bridgehead atoms. The highest BCUT2D eigenvalue weighted by molar-refractivity contribution is 7.24. The molecule has 2 saturated heterocycles. The van der Waals surface area contributed by atoms with Crippen molar-refractivity contribution in [3.05, 3.63) is 35.9 Å². The van der Waals surface area contributed by atoms with Gasteiger partial charge >= 0.3 is 0 Å². The summed E-state index contributed by atoms with van der Waals surface area (Å²) in [5.41, 5.74) is 6.13. The van der Waals surface area contributed by atoms with Crippen LogP contribution in [-0.4, -0.2) is 57.6 Å². The second-order valence-corrected chi connectivity index (χ2v) is 9.18. The lowest BCUT2D eigenvalue weighted by atomic mass is 10.0. The van der Waals surface area contributed by atoms with Gasteiger partial charge in [0.2, 0.25) is 11.3 Å². The maximum Gasteiger partial charge on any atom is 0.259 e. The summed E-state index contributed by atoms with van der Waals surface area (Å²) in [6.45, 7) is 11.5. The Hall–Kier alpha value is -1.29. The summed E-state index contributed by atoms with van der Waals surface area (Å²) < 4.78 is 13.6. The van der Waals surface area contributed by atoms with Gasteiger partial charge in [-0.15, -0.1) is 0 Å². The first-order valence-electron chi connectivity index (χ1n) is 10.6. The standard InChI is InChI=1S/C23H28N3O2S.HI/c1-16(2)19-13-18(26-7-11-28-12-8-26)15-22-23(19)24-20-4-3-17(14-21(20)29-22)25-5-9-27-10-6-25;/h3-4,13-16H,5-12H2,1-2H3;1H/q+1;/p-1. The van der Waals surface area contributed by atoms with Crippen molar-refractivity contribution in [2.24, 2.45) is 0 Å². The van der Waals surface area contributed by atoms with Gasteiger partial charge in [-0.25, -0.2) is 4.98 Å². The van der Waals surface area contributed by atoms with E-state index in [1.54, 1.807) is 0 Å². The first kappa shape index (κ1) is 21.9. The van der Waals surface area contributed by atoms with Gasteiger partial charge in [-0.1, -0.05) is 13.8 Å². The number of aromatic nitrogens is 1. The predicted octanol–water partition coefficient (Wildman–Crippen LogP) is 1.53. The molecule has 2 fully saturated rings. The number of hydrogen-bond acceptors (Lipinski definition) is 5. The smallest absolute Gasteiger partial charge is 0.259 e. The quantitative estimate of drug-likeness (QED) is 0.288. The summed E-state index contributed by atoms with van der Waals surface area (Å²) in [5, 5.41) is 0. The minimum atomic E-state index is 0. The Bertz CT molecular complexity index is 1030. The maximum atomic E-state index is 5.55. The van der Waals surface area contributed by atoms with Crippen LogP contribution in [0.3, 0.4) is 0 Å². The molecule has 2 aliphatic heterocycles. The number of morpholine rings is 2. The maximum absolute atomic E-state index is 5.55. The Balaban J connectivity index is 0.00000218. The SMILES string of the molecule is CC(C)c1cc(N2CCOCC2)cc2[s+]c3cc(N4CCOCC4)ccc3nc12.[I-]. The number of nitrogens with zero attached hydrogens (tertiary/aromatic N) is 3. The Morgan fingerprint density at radius 3 is 2.07 bits per heavy atom. The fourth-order valence-electron chi connectivity index (χ4n) is 4.19. The molecule has 7 heteroatoms. The topological polar surface area (TPSA) is 37.8 Å². The van der Waals surface area contributed by atoms with Crippen LogP contribution in [0, 0.1) is 0 Å². The molecular weight excluding hydrogens is 509 g/mol. The number of halogens is 1. The predicted molar refractivity (Wildman–Crippen MR) is 122 cm³/mol. The second-order valence-electron chi connectivity index (χ2n) is 8.10. The van der Waals surface area contributed by atoms with Crippen molar-refractivity contribution in [1.82, 2.24) is 4.98 Å². The van der Waals surface area contributed by atoms with Crippen LogP contribution in [0.2, 0.25) is 0 Å². The van der Waals surface area contributed by atoms with E-state index in [0.717, 1.165) is 63.6 Å². The largest absolute Gasteiger partial charge is 1.00 e. The van der Waals surface area contributed by atoms with Crippen molar-refractivity contribution in [2.45, 2.75) is 19.8 Å². The monoisotopic (exact) mass is 537 g/mol. The number of anilines is 2. The average molecular weight is 537 g/mol. The van der Waals surface area contributed by atoms with Gasteiger partial charge in [0.05, 0.1) is 26.4 Å². The van der Waals surface area contributed by atoms with E-state index in [9.17, 15) is 0 Å². The summed E-state index contributed by atoms with van der Waals surface area (Å²) in [4.78, 5) is 9.94. The first-order chi connectivity index (χ1) is 14.2. The van der Waals surface area contributed by atoms with Gasteiger partial charge in [0.1, 0.15) is 11.0 Å². The molecule has 160 valence electrons. The molecular formula is C23H28IN3O2S. The van der Waals surface area contributed by atoms with Crippen LogP contribution in [-0.2, 0) is 9.47 Å². The third-order valence-corrected chi connectivity index (χ3v) is 6.94. The van der Waals surface area contributed by atoms with E-state index in [4.69, 9.17) is 14.5 Å². The van der Waals surface area contributed by atoms with Crippen molar-refractivity contribution < 1.29 is 33.5 Å². The van der Waals surface area contributed by atoms with Crippen molar-refractivity contribution in [1.29, 1.82) is 0 Å². The van der Waals surface area contributed by atoms with Crippen molar-refractivity contribution in [3.63, 3.8) is 0 Å². The number of hydrogen-bond donors (Lipinski definition) is 0. The van der Waals surface area contributed by atoms with E-state index in [2.05, 4.69) is 54.0 Å². The zero-order valence-electron chi connectivity index (χ0n) is 17.6. The lowest BCUT2D eigenvalue weighted by Crippen LogP contribution is -3.00. The van der Waals surface area contributed by atoms with Gasteiger partial charge in [-0.05, 0) is 29.7 Å². The molecule has 0 saturated carbocycles. The summed E-state index contributed by atoms with van der Waals surface area (Å²) in [6.07, 6.45) is 0. The summed E-state index contributed by atoms with van der Waals surface area (Å²) in [6, 6.07) is 11.3. The minimum Gasteiger partial charge on any atom is -1.00 e. The van der Waals surface area contributed by atoms with Gasteiger partial charge in [0, 0.05) is 49.7 Å². The van der Waals surface area contributed by atoms with Crippen LogP contribution in [0.1, 0.15) is 25.3 Å². The second kappa shape index (κ2) is 9.46. The van der Waals surface area contributed by atoms with Crippen LogP contribution < -0.4 is 33.8 Å². The van der Waals surface area contributed by atoms with Crippen molar-refractivity contribution in [2.75, 3.05) is 62.4 Å². The van der Waals surface area contributed by atoms with Crippen LogP contribution in [0.4, 0.5) is 11.4 Å². The molecule has 0 amide bonds. The van der Waals surface area contributed by atoms with E-state index in [0.29, 0.717) is 5.92 Å². The third-order valence-electron chi connectivity index (χ3n) is 5.86. The summed E-state index contributed by atoms with van der Waals surface area (Å²) in [7, 11) is 0. The highest BCUT2D eigenvalue weighted by Crippen LogP contribution is 2.36. The Labute approximate surface area is 199 Å². The molecule has 5 nitrogen and oxygen atoms in total. The van der Waals surface area contributed by atoms with Gasteiger partial charge < -0.3 is 43.3 Å². The van der Waals surface area contributed by atoms with Crippen molar-refractivity contribution in [3.8, 4) is 0 Å². The van der Waals surface area contributed by atoms with E-state index < -0.39 is 0 Å². The van der Waals surface area contributed by atoms with Crippen LogP contribution in [0.5, 0.6) is 0 Å². The molecule has 0 unspecified atom stereocenters. The van der Waals surface area contributed by atoms with Crippen LogP contribution in [0.15, 0.2) is 30.3 Å². The normalized spacial score (nSPS) is 17.6. The lowest BCUT2D eigenvalue weighted by Gasteiger charge is -2.29. The van der Waals surface area contributed by atoms with Crippen LogP contribution >= 0.6 is 11.3 Å². The number of benzene rings is 2. The van der Waals surface area contributed by atoms with Gasteiger partial charge in [0.15, 0.2) is 0 Å². The molecule has 5 rings (SSSR count). The molecule has 2 aliphatic rings. The minimum absolute atomic E-state index is 0. The molecule has 1 aromatic heterocycles. The molecule has 0 aliphatic carbocycles. The molecule has 30 heavy (non-hydrogen) atoms. The first-order valence-corrected chi connectivity index (χ1v) is 11.4. The fraction of sp³-hybridized carbons (Fsp3) is 0.478. The number of ether oxygens (including phenoxy) is 2.